The molecule has 160 valence electrons. The minimum absolute atomic E-state index is 0.0912. The second-order valence-electron chi connectivity index (χ2n) is 6.63. The fourth-order valence-corrected chi connectivity index (χ4v) is 2.91. The lowest BCUT2D eigenvalue weighted by molar-refractivity contribution is -0.166. The number of carbonyl (C=O) groups excluding carboxylic acids is 3. The monoisotopic (exact) mass is 412 g/mol. The van der Waals surface area contributed by atoms with Gasteiger partial charge in [0.15, 0.2) is 18.4 Å². The molecule has 11 nitrogen and oxygen atoms in total. The molecule has 0 aromatic heterocycles. The second-order valence-corrected chi connectivity index (χ2v) is 6.63. The van der Waals surface area contributed by atoms with E-state index >= 15 is 0 Å². The molecule has 2 heterocycles. The van der Waals surface area contributed by atoms with Crippen LogP contribution < -0.4 is 5.73 Å². The van der Waals surface area contributed by atoms with Gasteiger partial charge in [-0.15, -0.1) is 0 Å². The normalized spacial score (nSPS) is 27.0. The Kier molecular flexibility index (Phi) is 7.35. The zero-order valence-corrected chi connectivity index (χ0v) is 16.3. The third kappa shape index (κ3) is 5.78. The van der Waals surface area contributed by atoms with Crippen molar-refractivity contribution in [3.05, 3.63) is 24.0 Å². The first kappa shape index (κ1) is 22.4. The molecule has 0 saturated carbocycles. The highest BCUT2D eigenvalue weighted by Crippen LogP contribution is 2.32. The number of aliphatic carboxylic acids is 1. The summed E-state index contributed by atoms with van der Waals surface area (Å²) in [5.41, 5.74) is 5.56. The standard InChI is InChI=1S/C18H24N2O9/c1-9(19)18(25)26-8-13-14(27-10(2)21)15(28-11(3)22)16(29-13)20-6-4-5-12(7-20)17(23)24/h4,6-7,9,13-16H,5,8,19H2,1-3H3,(H,23,24)/t9-,13+,14+,15+,16+/m0/s1. The van der Waals surface area contributed by atoms with Crippen molar-refractivity contribution in [3.8, 4) is 0 Å². The SMILES string of the molecule is CC(=O)O[C@@H]1[C@H](OC(C)=O)[C@@H](COC(=O)[C@H](C)N)O[C@H]1N1C=CCC(C(=O)O)=C1. The van der Waals surface area contributed by atoms with Gasteiger partial charge < -0.3 is 34.7 Å². The summed E-state index contributed by atoms with van der Waals surface area (Å²) in [6, 6.07) is -0.866. The Bertz CT molecular complexity index is 731. The summed E-state index contributed by atoms with van der Waals surface area (Å²) in [6.45, 7) is 3.49. The summed E-state index contributed by atoms with van der Waals surface area (Å²) >= 11 is 0. The van der Waals surface area contributed by atoms with Crippen LogP contribution in [-0.2, 0) is 38.1 Å². The Labute approximate surface area is 167 Å². The summed E-state index contributed by atoms with van der Waals surface area (Å²) in [5, 5.41) is 9.24. The van der Waals surface area contributed by atoms with Crippen LogP contribution in [0.15, 0.2) is 24.0 Å². The van der Waals surface area contributed by atoms with E-state index in [9.17, 15) is 24.3 Å². The minimum atomic E-state index is -1.11. The van der Waals surface area contributed by atoms with Crippen molar-refractivity contribution in [2.24, 2.45) is 5.73 Å². The molecule has 1 saturated heterocycles. The van der Waals surface area contributed by atoms with Gasteiger partial charge in [-0.05, 0) is 6.92 Å². The lowest BCUT2D eigenvalue weighted by Crippen LogP contribution is -2.45. The number of ether oxygens (including phenoxy) is 4. The maximum absolute atomic E-state index is 11.7. The van der Waals surface area contributed by atoms with Crippen LogP contribution in [0.3, 0.4) is 0 Å². The van der Waals surface area contributed by atoms with Gasteiger partial charge in [0, 0.05) is 32.7 Å². The molecule has 1 fully saturated rings. The molecule has 0 unspecified atom stereocenters. The van der Waals surface area contributed by atoms with E-state index < -0.39 is 54.5 Å². The number of rotatable bonds is 7. The highest BCUT2D eigenvalue weighted by atomic mass is 16.7. The van der Waals surface area contributed by atoms with E-state index in [0.29, 0.717) is 0 Å². The molecular weight excluding hydrogens is 388 g/mol. The zero-order valence-electron chi connectivity index (χ0n) is 16.3. The third-order valence-corrected chi connectivity index (χ3v) is 4.14. The van der Waals surface area contributed by atoms with Crippen molar-refractivity contribution < 1.29 is 43.2 Å². The van der Waals surface area contributed by atoms with Gasteiger partial charge in [-0.1, -0.05) is 6.08 Å². The van der Waals surface area contributed by atoms with E-state index in [-0.39, 0.29) is 18.6 Å². The number of esters is 3. The molecule has 0 aromatic rings. The Morgan fingerprint density at radius 1 is 1.24 bits per heavy atom. The predicted octanol–water partition coefficient (Wildman–Crippen LogP) is -0.347. The van der Waals surface area contributed by atoms with E-state index in [1.54, 1.807) is 12.3 Å². The molecule has 0 amide bonds. The van der Waals surface area contributed by atoms with Crippen molar-refractivity contribution in [2.75, 3.05) is 6.61 Å². The molecule has 0 radical (unpaired) electrons. The number of carboxylic acid groups (broad SMARTS) is 1. The molecule has 29 heavy (non-hydrogen) atoms. The first-order valence-electron chi connectivity index (χ1n) is 8.90. The molecule has 3 N–H and O–H groups in total. The fourth-order valence-electron chi connectivity index (χ4n) is 2.91. The van der Waals surface area contributed by atoms with Crippen molar-refractivity contribution in [1.29, 1.82) is 0 Å². The van der Waals surface area contributed by atoms with E-state index in [4.69, 9.17) is 24.7 Å². The predicted molar refractivity (Wildman–Crippen MR) is 95.7 cm³/mol. The van der Waals surface area contributed by atoms with Gasteiger partial charge in [-0.3, -0.25) is 14.4 Å². The van der Waals surface area contributed by atoms with E-state index in [1.807, 2.05) is 0 Å². The second kappa shape index (κ2) is 9.52. The lowest BCUT2D eigenvalue weighted by Gasteiger charge is -2.30. The molecule has 2 rings (SSSR count). The van der Waals surface area contributed by atoms with Crippen LogP contribution in [0.4, 0.5) is 0 Å². The largest absolute Gasteiger partial charge is 0.478 e. The smallest absolute Gasteiger partial charge is 0.333 e. The first-order chi connectivity index (χ1) is 13.6. The molecule has 0 aromatic carbocycles. The number of carbonyl (C=O) groups is 4. The van der Waals surface area contributed by atoms with Gasteiger partial charge in [0.25, 0.3) is 0 Å². The number of nitrogens with two attached hydrogens (primary N) is 1. The highest BCUT2D eigenvalue weighted by Gasteiger charge is 2.51. The van der Waals surface area contributed by atoms with Crippen LogP contribution in [0.25, 0.3) is 0 Å². The molecule has 5 atom stereocenters. The topological polar surface area (TPSA) is 155 Å². The van der Waals surface area contributed by atoms with Crippen LogP contribution in [0, 0.1) is 0 Å². The van der Waals surface area contributed by atoms with Crippen LogP contribution in [0.1, 0.15) is 27.2 Å². The summed E-state index contributed by atoms with van der Waals surface area (Å²) in [6.07, 6.45) is 0.561. The molecule has 0 spiro atoms. The molecular formula is C18H24N2O9. The average molecular weight is 412 g/mol. The summed E-state index contributed by atoms with van der Waals surface area (Å²) in [5.74, 6) is -3.11. The Morgan fingerprint density at radius 3 is 2.41 bits per heavy atom. The van der Waals surface area contributed by atoms with Gasteiger partial charge >= 0.3 is 23.9 Å². The summed E-state index contributed by atoms with van der Waals surface area (Å²) in [4.78, 5) is 47.6. The number of hydrogen-bond acceptors (Lipinski definition) is 10. The number of carboxylic acids is 1. The van der Waals surface area contributed by atoms with Gasteiger partial charge in [-0.25, -0.2) is 4.79 Å². The molecule has 0 bridgehead atoms. The Morgan fingerprint density at radius 2 is 1.86 bits per heavy atom. The number of nitrogens with zero attached hydrogens (tertiary/aromatic N) is 1. The van der Waals surface area contributed by atoms with E-state index in [2.05, 4.69) is 0 Å². The van der Waals surface area contributed by atoms with Crippen molar-refractivity contribution in [2.45, 2.75) is 57.8 Å². The maximum atomic E-state index is 11.7. The first-order valence-corrected chi connectivity index (χ1v) is 8.90. The quantitative estimate of drug-likeness (QED) is 0.416. The van der Waals surface area contributed by atoms with Crippen LogP contribution >= 0.6 is 0 Å². The van der Waals surface area contributed by atoms with Crippen molar-refractivity contribution in [3.63, 3.8) is 0 Å². The highest BCUT2D eigenvalue weighted by molar-refractivity contribution is 5.87. The summed E-state index contributed by atoms with van der Waals surface area (Å²) in [7, 11) is 0. The Balaban J connectivity index is 2.30. The maximum Gasteiger partial charge on any atom is 0.333 e. The molecule has 2 aliphatic rings. The van der Waals surface area contributed by atoms with E-state index in [1.165, 1.54) is 31.9 Å². The summed E-state index contributed by atoms with van der Waals surface area (Å²) < 4.78 is 21.5. The average Bonchev–Trinajstić information content (AvgIpc) is 2.96. The Hall–Kier alpha value is -2.92. The zero-order chi connectivity index (χ0) is 21.7. The number of allylic oxidation sites excluding steroid dienone is 1. The fraction of sp³-hybridized carbons (Fsp3) is 0.556. The van der Waals surface area contributed by atoms with Crippen molar-refractivity contribution in [1.82, 2.24) is 4.90 Å². The molecule has 0 aliphatic carbocycles. The number of hydrogen-bond donors (Lipinski definition) is 2. The third-order valence-electron chi connectivity index (χ3n) is 4.14. The van der Waals surface area contributed by atoms with Crippen LogP contribution in [0.2, 0.25) is 0 Å². The van der Waals surface area contributed by atoms with Crippen molar-refractivity contribution >= 4 is 23.9 Å². The van der Waals surface area contributed by atoms with Gasteiger partial charge in [0.1, 0.15) is 18.8 Å². The minimum Gasteiger partial charge on any atom is -0.478 e. The van der Waals surface area contributed by atoms with Gasteiger partial charge in [-0.2, -0.15) is 0 Å². The van der Waals surface area contributed by atoms with Crippen LogP contribution in [0.5, 0.6) is 0 Å². The van der Waals surface area contributed by atoms with Crippen LogP contribution in [-0.4, -0.2) is 71.1 Å². The van der Waals surface area contributed by atoms with Gasteiger partial charge in [0.2, 0.25) is 0 Å². The van der Waals surface area contributed by atoms with E-state index in [0.717, 1.165) is 0 Å². The molecule has 11 heteroatoms. The van der Waals surface area contributed by atoms with Gasteiger partial charge in [0.05, 0.1) is 5.57 Å². The molecule has 2 aliphatic heterocycles. The lowest BCUT2D eigenvalue weighted by atomic mass is 10.1.